The van der Waals surface area contributed by atoms with E-state index in [1.807, 2.05) is 13.8 Å². The first kappa shape index (κ1) is 14.0. The lowest BCUT2D eigenvalue weighted by Gasteiger charge is -2.23. The van der Waals surface area contributed by atoms with Crippen LogP contribution in [0.3, 0.4) is 0 Å². The van der Waals surface area contributed by atoms with Gasteiger partial charge < -0.3 is 5.11 Å². The van der Waals surface area contributed by atoms with Gasteiger partial charge >= 0.3 is 0 Å². The molecule has 0 aliphatic carbocycles. The van der Waals surface area contributed by atoms with Crippen molar-refractivity contribution in [2.75, 3.05) is 5.75 Å². The summed E-state index contributed by atoms with van der Waals surface area (Å²) in [6.07, 6.45) is 0.147. The summed E-state index contributed by atoms with van der Waals surface area (Å²) in [5.74, 6) is 0.689. The van der Waals surface area contributed by atoms with Crippen LogP contribution in [0, 0.1) is 17.8 Å². The number of aliphatic hydroxyl groups is 1. The highest BCUT2D eigenvalue weighted by atomic mass is 32.1. The molecule has 0 saturated heterocycles. The Bertz CT molecular complexity index is 178. The smallest absolute Gasteiger partial charge is 0.141 e. The molecule has 0 heterocycles. The molecule has 0 radical (unpaired) electrons. The third-order valence-corrected chi connectivity index (χ3v) is 2.69. The fourth-order valence-corrected chi connectivity index (χ4v) is 1.78. The standard InChI is InChI=1S/C11H22O2S/c1-7(2)5-9(10(12)6-14)11(13)8(3)4/h7-10,12,14H,5-6H2,1-4H3. The third-order valence-electron chi connectivity index (χ3n) is 2.31. The fourth-order valence-electron chi connectivity index (χ4n) is 1.53. The monoisotopic (exact) mass is 218 g/mol. The zero-order valence-electron chi connectivity index (χ0n) is 9.53. The Morgan fingerprint density at radius 3 is 2.07 bits per heavy atom. The van der Waals surface area contributed by atoms with Crippen LogP contribution in [0.25, 0.3) is 0 Å². The second-order valence-electron chi connectivity index (χ2n) is 4.54. The summed E-state index contributed by atoms with van der Waals surface area (Å²) in [5.41, 5.74) is 0. The van der Waals surface area contributed by atoms with Crippen molar-refractivity contribution in [1.29, 1.82) is 0 Å². The van der Waals surface area contributed by atoms with Gasteiger partial charge in [-0.25, -0.2) is 0 Å². The highest BCUT2D eigenvalue weighted by molar-refractivity contribution is 7.80. The van der Waals surface area contributed by atoms with E-state index in [2.05, 4.69) is 26.5 Å². The van der Waals surface area contributed by atoms with Gasteiger partial charge in [0.25, 0.3) is 0 Å². The lowest BCUT2D eigenvalue weighted by atomic mass is 9.85. The van der Waals surface area contributed by atoms with Gasteiger partial charge in [-0.2, -0.15) is 12.6 Å². The number of aliphatic hydroxyl groups excluding tert-OH is 1. The van der Waals surface area contributed by atoms with E-state index in [0.29, 0.717) is 11.7 Å². The average Bonchev–Trinajstić information content (AvgIpc) is 2.11. The first-order chi connectivity index (χ1) is 6.40. The zero-order chi connectivity index (χ0) is 11.3. The minimum atomic E-state index is -0.601. The molecule has 0 aromatic heterocycles. The summed E-state index contributed by atoms with van der Waals surface area (Å²) in [7, 11) is 0. The maximum absolute atomic E-state index is 11.8. The lowest BCUT2D eigenvalue weighted by Crippen LogP contribution is -2.33. The second kappa shape index (κ2) is 6.46. The van der Waals surface area contributed by atoms with Crippen molar-refractivity contribution >= 4 is 18.4 Å². The summed E-state index contributed by atoms with van der Waals surface area (Å²) < 4.78 is 0. The van der Waals surface area contributed by atoms with Crippen molar-refractivity contribution in [3.05, 3.63) is 0 Å². The highest BCUT2D eigenvalue weighted by Crippen LogP contribution is 2.21. The van der Waals surface area contributed by atoms with Crippen molar-refractivity contribution in [3.63, 3.8) is 0 Å². The van der Waals surface area contributed by atoms with Gasteiger partial charge in [0.2, 0.25) is 0 Å². The molecular weight excluding hydrogens is 196 g/mol. The van der Waals surface area contributed by atoms with Crippen LogP contribution >= 0.6 is 12.6 Å². The van der Waals surface area contributed by atoms with Crippen LogP contribution in [0.4, 0.5) is 0 Å². The van der Waals surface area contributed by atoms with Gasteiger partial charge in [-0.05, 0) is 12.3 Å². The predicted octanol–water partition coefficient (Wildman–Crippen LogP) is 2.16. The minimum absolute atomic E-state index is 0.00622. The zero-order valence-corrected chi connectivity index (χ0v) is 10.4. The van der Waals surface area contributed by atoms with Crippen LogP contribution in [0.15, 0.2) is 0 Å². The van der Waals surface area contributed by atoms with Gasteiger partial charge in [0.15, 0.2) is 0 Å². The van der Waals surface area contributed by atoms with Gasteiger partial charge in [-0.15, -0.1) is 0 Å². The normalized spacial score (nSPS) is 16.0. The van der Waals surface area contributed by atoms with Crippen molar-refractivity contribution in [2.45, 2.75) is 40.2 Å². The molecule has 0 spiro atoms. The van der Waals surface area contributed by atoms with Gasteiger partial charge in [0.05, 0.1) is 6.10 Å². The maximum atomic E-state index is 11.8. The van der Waals surface area contributed by atoms with Crippen LogP contribution in [-0.2, 0) is 4.79 Å². The van der Waals surface area contributed by atoms with Crippen molar-refractivity contribution in [1.82, 2.24) is 0 Å². The van der Waals surface area contributed by atoms with E-state index in [1.54, 1.807) is 0 Å². The molecule has 0 aliphatic rings. The molecule has 0 amide bonds. The number of ketones is 1. The largest absolute Gasteiger partial charge is 0.392 e. The Morgan fingerprint density at radius 2 is 1.79 bits per heavy atom. The minimum Gasteiger partial charge on any atom is -0.392 e. The molecule has 84 valence electrons. The summed E-state index contributed by atoms with van der Waals surface area (Å²) in [6, 6.07) is 0. The van der Waals surface area contributed by atoms with Crippen LogP contribution in [-0.4, -0.2) is 22.7 Å². The molecule has 1 N–H and O–H groups in total. The molecule has 0 saturated carbocycles. The first-order valence-corrected chi connectivity index (χ1v) is 5.86. The number of carbonyl (C=O) groups excluding carboxylic acids is 1. The highest BCUT2D eigenvalue weighted by Gasteiger charge is 2.28. The summed E-state index contributed by atoms with van der Waals surface area (Å²) in [6.45, 7) is 7.87. The molecule has 2 nitrogen and oxygen atoms in total. The number of hydrogen-bond donors (Lipinski definition) is 2. The molecule has 2 unspecified atom stereocenters. The van der Waals surface area contributed by atoms with Crippen LogP contribution in [0.1, 0.15) is 34.1 Å². The van der Waals surface area contributed by atoms with E-state index in [0.717, 1.165) is 6.42 Å². The number of Topliss-reactive ketones (excluding diaryl/α,β-unsaturated/α-hetero) is 1. The van der Waals surface area contributed by atoms with E-state index in [-0.39, 0.29) is 17.6 Å². The molecule has 14 heavy (non-hydrogen) atoms. The molecule has 3 heteroatoms. The van der Waals surface area contributed by atoms with E-state index in [1.165, 1.54) is 0 Å². The molecule has 0 aromatic rings. The van der Waals surface area contributed by atoms with Crippen LogP contribution in [0.5, 0.6) is 0 Å². The summed E-state index contributed by atoms with van der Waals surface area (Å²) in [5, 5.41) is 9.69. The molecule has 0 bridgehead atoms. The predicted molar refractivity (Wildman–Crippen MR) is 62.6 cm³/mol. The Morgan fingerprint density at radius 1 is 1.29 bits per heavy atom. The van der Waals surface area contributed by atoms with Gasteiger partial charge in [0.1, 0.15) is 5.78 Å². The number of carbonyl (C=O) groups is 1. The Labute approximate surface area is 92.5 Å². The van der Waals surface area contributed by atoms with Crippen LogP contribution in [0.2, 0.25) is 0 Å². The van der Waals surface area contributed by atoms with Gasteiger partial charge in [-0.1, -0.05) is 27.7 Å². The SMILES string of the molecule is CC(C)CC(C(=O)C(C)C)C(O)CS. The Kier molecular flexibility index (Phi) is 6.45. The van der Waals surface area contributed by atoms with E-state index in [9.17, 15) is 9.90 Å². The number of thiol groups is 1. The lowest BCUT2D eigenvalue weighted by molar-refractivity contribution is -0.129. The van der Waals surface area contributed by atoms with Crippen molar-refractivity contribution in [2.24, 2.45) is 17.8 Å². The summed E-state index contributed by atoms with van der Waals surface area (Å²) in [4.78, 5) is 11.8. The number of hydrogen-bond acceptors (Lipinski definition) is 3. The fraction of sp³-hybridized carbons (Fsp3) is 0.909. The van der Waals surface area contributed by atoms with E-state index < -0.39 is 6.10 Å². The maximum Gasteiger partial charge on any atom is 0.141 e. The molecule has 0 rings (SSSR count). The van der Waals surface area contributed by atoms with E-state index in [4.69, 9.17) is 0 Å². The second-order valence-corrected chi connectivity index (χ2v) is 4.91. The van der Waals surface area contributed by atoms with Crippen molar-refractivity contribution in [3.8, 4) is 0 Å². The third kappa shape index (κ3) is 4.47. The molecule has 0 fully saturated rings. The van der Waals surface area contributed by atoms with Gasteiger partial charge in [0, 0.05) is 17.6 Å². The summed E-state index contributed by atoms with van der Waals surface area (Å²) >= 11 is 4.04. The Hall–Kier alpha value is -0.0200. The van der Waals surface area contributed by atoms with Crippen molar-refractivity contribution < 1.29 is 9.90 Å². The quantitative estimate of drug-likeness (QED) is 0.670. The topological polar surface area (TPSA) is 37.3 Å². The van der Waals surface area contributed by atoms with Crippen LogP contribution < -0.4 is 0 Å². The van der Waals surface area contributed by atoms with E-state index >= 15 is 0 Å². The Balaban J connectivity index is 4.46. The first-order valence-electron chi connectivity index (χ1n) is 5.22. The average molecular weight is 218 g/mol. The molecule has 2 atom stereocenters. The molecule has 0 aliphatic heterocycles. The molecular formula is C11H22O2S. The van der Waals surface area contributed by atoms with Gasteiger partial charge in [-0.3, -0.25) is 4.79 Å². The molecule has 0 aromatic carbocycles. The number of rotatable bonds is 6.